The molecule has 5 nitrogen and oxygen atoms in total. The second-order valence-corrected chi connectivity index (χ2v) is 10.7. The molecule has 4 atom stereocenters. The molecule has 0 N–H and O–H groups in total. The van der Waals surface area contributed by atoms with Gasteiger partial charge in [-0.25, -0.2) is 4.90 Å². The Morgan fingerprint density at radius 3 is 1.51 bits per heavy atom. The summed E-state index contributed by atoms with van der Waals surface area (Å²) in [5.41, 5.74) is 7.02. The van der Waals surface area contributed by atoms with Crippen molar-refractivity contribution >= 4 is 23.1 Å². The van der Waals surface area contributed by atoms with Gasteiger partial charge >= 0.3 is 0 Å². The summed E-state index contributed by atoms with van der Waals surface area (Å²) < 4.78 is 10.8. The first-order valence-electron chi connectivity index (χ1n) is 13.8. The zero-order valence-electron chi connectivity index (χ0n) is 22.9. The molecule has 1 aliphatic heterocycles. The first-order chi connectivity index (χ1) is 20.1. The third-order valence-corrected chi connectivity index (χ3v) is 8.69. The van der Waals surface area contributed by atoms with Crippen molar-refractivity contribution in [3.63, 3.8) is 0 Å². The van der Waals surface area contributed by atoms with E-state index in [1.165, 1.54) is 4.90 Å². The Morgan fingerprint density at radius 2 is 1.05 bits per heavy atom. The largest absolute Gasteiger partial charge is 0.497 e. The number of carbonyl (C=O) groups is 2. The van der Waals surface area contributed by atoms with Crippen LogP contribution in [0.4, 0.5) is 5.69 Å². The van der Waals surface area contributed by atoms with Gasteiger partial charge in [0.25, 0.3) is 0 Å². The third-order valence-electron chi connectivity index (χ3n) is 8.69. The van der Waals surface area contributed by atoms with Gasteiger partial charge in [-0.1, -0.05) is 78.9 Å². The Hall–Kier alpha value is -4.90. The molecule has 2 fully saturated rings. The number of allylic oxidation sites excluding steroid dienone is 3. The highest BCUT2D eigenvalue weighted by atomic mass is 16.5. The maximum absolute atomic E-state index is 14.0. The van der Waals surface area contributed by atoms with Crippen LogP contribution < -0.4 is 14.4 Å². The summed E-state index contributed by atoms with van der Waals surface area (Å²) >= 11 is 0. The summed E-state index contributed by atoms with van der Waals surface area (Å²) in [7, 11) is 3.30. The molecule has 1 heterocycles. The number of anilines is 1. The fraction of sp³-hybridized carbons (Fsp3) is 0.167. The molecule has 202 valence electrons. The average Bonchev–Trinajstić information content (AvgIpc) is 3.67. The van der Waals surface area contributed by atoms with Crippen molar-refractivity contribution in [3.05, 3.63) is 132 Å². The van der Waals surface area contributed by atoms with Gasteiger partial charge in [0.15, 0.2) is 0 Å². The number of methoxy groups -OCH3 is 2. The molecule has 4 aromatic rings. The Balaban J connectivity index is 1.27. The van der Waals surface area contributed by atoms with E-state index < -0.39 is 11.8 Å². The van der Waals surface area contributed by atoms with Crippen molar-refractivity contribution in [2.75, 3.05) is 19.1 Å². The number of hydrogen-bond acceptors (Lipinski definition) is 4. The number of hydrogen-bond donors (Lipinski definition) is 0. The molecule has 0 aromatic heterocycles. The molecule has 2 aliphatic carbocycles. The molecule has 2 bridgehead atoms. The van der Waals surface area contributed by atoms with Crippen molar-refractivity contribution < 1.29 is 19.1 Å². The molecule has 1 saturated heterocycles. The smallest absolute Gasteiger partial charge is 0.238 e. The molecule has 3 aliphatic rings. The van der Waals surface area contributed by atoms with E-state index in [1.54, 1.807) is 14.2 Å². The van der Waals surface area contributed by atoms with E-state index in [1.807, 2.05) is 103 Å². The summed E-state index contributed by atoms with van der Waals surface area (Å²) in [6.45, 7) is 0. The first-order valence-corrected chi connectivity index (χ1v) is 13.8. The highest BCUT2D eigenvalue weighted by Gasteiger charge is 2.62. The summed E-state index contributed by atoms with van der Waals surface area (Å²) in [4.78, 5) is 29.3. The fourth-order valence-corrected chi connectivity index (χ4v) is 6.80. The maximum atomic E-state index is 14.0. The number of amides is 2. The Kier molecular flexibility index (Phi) is 6.08. The molecular weight excluding hydrogens is 510 g/mol. The maximum Gasteiger partial charge on any atom is 0.238 e. The van der Waals surface area contributed by atoms with Crippen LogP contribution in [0, 0.1) is 23.7 Å². The normalized spacial score (nSPS) is 22.3. The zero-order chi connectivity index (χ0) is 28.1. The van der Waals surface area contributed by atoms with Crippen LogP contribution >= 0.6 is 0 Å². The minimum atomic E-state index is -0.409. The van der Waals surface area contributed by atoms with Crippen molar-refractivity contribution in [3.8, 4) is 22.6 Å². The van der Waals surface area contributed by atoms with Gasteiger partial charge in [-0.2, -0.15) is 0 Å². The molecule has 4 unspecified atom stereocenters. The Bertz CT molecular complexity index is 1600. The van der Waals surface area contributed by atoms with E-state index >= 15 is 0 Å². The van der Waals surface area contributed by atoms with Crippen LogP contribution in [0.25, 0.3) is 16.7 Å². The van der Waals surface area contributed by atoms with Gasteiger partial charge < -0.3 is 9.47 Å². The minimum Gasteiger partial charge on any atom is -0.497 e. The lowest BCUT2D eigenvalue weighted by atomic mass is 9.85. The number of nitrogens with zero attached hydrogens (tertiary/aromatic N) is 1. The molecule has 41 heavy (non-hydrogen) atoms. The van der Waals surface area contributed by atoms with Crippen LogP contribution in [-0.2, 0) is 9.59 Å². The van der Waals surface area contributed by atoms with Gasteiger partial charge in [0, 0.05) is 11.8 Å². The van der Waals surface area contributed by atoms with Crippen LogP contribution in [0.15, 0.2) is 121 Å². The third kappa shape index (κ3) is 4.00. The van der Waals surface area contributed by atoms with E-state index in [4.69, 9.17) is 9.47 Å². The quantitative estimate of drug-likeness (QED) is 0.200. The molecule has 5 heteroatoms. The van der Waals surface area contributed by atoms with Crippen LogP contribution in [0.5, 0.6) is 11.5 Å². The highest BCUT2D eigenvalue weighted by Crippen LogP contribution is 2.59. The van der Waals surface area contributed by atoms with Crippen LogP contribution in [-0.4, -0.2) is 26.0 Å². The van der Waals surface area contributed by atoms with Crippen LogP contribution in [0.3, 0.4) is 0 Å². The van der Waals surface area contributed by atoms with Gasteiger partial charge in [0.2, 0.25) is 11.8 Å². The summed E-state index contributed by atoms with van der Waals surface area (Å²) in [5.74, 6) is 0.202. The van der Waals surface area contributed by atoms with Gasteiger partial charge in [0.1, 0.15) is 11.5 Å². The standard InChI is InChI=1S/C36H29NO4/c1-40-27-16-10-24(11-17-27)31(25-12-18-28(41-2)19-13-25)32-29-20-21-30(32)34-33(29)35(38)37(36(34)39)26-14-8-23(9-15-26)22-6-4-3-5-7-22/h3-21,29-30,33-34H,1-2H3. The van der Waals surface area contributed by atoms with Crippen LogP contribution in [0.1, 0.15) is 11.1 Å². The van der Waals surface area contributed by atoms with Crippen molar-refractivity contribution in [1.29, 1.82) is 0 Å². The highest BCUT2D eigenvalue weighted by molar-refractivity contribution is 6.23. The molecule has 0 radical (unpaired) electrons. The number of carbonyl (C=O) groups excluding carboxylic acids is 2. The molecular formula is C36H29NO4. The zero-order valence-corrected chi connectivity index (χ0v) is 22.9. The predicted molar refractivity (Wildman–Crippen MR) is 159 cm³/mol. The lowest BCUT2D eigenvalue weighted by molar-refractivity contribution is -0.122. The van der Waals surface area contributed by atoms with E-state index in [2.05, 4.69) is 12.2 Å². The summed E-state index contributed by atoms with van der Waals surface area (Å²) in [5, 5.41) is 0. The second-order valence-electron chi connectivity index (χ2n) is 10.7. The average molecular weight is 540 g/mol. The molecule has 0 spiro atoms. The molecule has 4 aromatic carbocycles. The first kappa shape index (κ1) is 25.1. The predicted octanol–water partition coefficient (Wildman–Crippen LogP) is 6.79. The topological polar surface area (TPSA) is 55.8 Å². The van der Waals surface area contributed by atoms with Gasteiger partial charge in [-0.3, -0.25) is 9.59 Å². The Labute approximate surface area is 239 Å². The summed E-state index contributed by atoms with van der Waals surface area (Å²) in [6.07, 6.45) is 4.25. The van der Waals surface area contributed by atoms with Crippen molar-refractivity contribution in [2.24, 2.45) is 23.7 Å². The van der Waals surface area contributed by atoms with Crippen molar-refractivity contribution in [2.45, 2.75) is 0 Å². The monoisotopic (exact) mass is 539 g/mol. The Morgan fingerprint density at radius 1 is 0.585 bits per heavy atom. The number of rotatable bonds is 6. The SMILES string of the molecule is COc1ccc(C(=C2C3C=CC2C2C(=O)N(c4ccc(-c5ccccc5)cc4)C(=O)C32)c2ccc(OC)cc2)cc1. The summed E-state index contributed by atoms with van der Waals surface area (Å²) in [6, 6.07) is 33.8. The van der Waals surface area contributed by atoms with E-state index in [0.29, 0.717) is 5.69 Å². The molecule has 7 rings (SSSR count). The van der Waals surface area contributed by atoms with E-state index in [-0.39, 0.29) is 23.7 Å². The minimum absolute atomic E-state index is 0.120. The number of ether oxygens (including phenoxy) is 2. The lowest BCUT2D eigenvalue weighted by Crippen LogP contribution is -2.33. The van der Waals surface area contributed by atoms with Crippen LogP contribution in [0.2, 0.25) is 0 Å². The number of benzene rings is 4. The lowest BCUT2D eigenvalue weighted by Gasteiger charge is -2.22. The van der Waals surface area contributed by atoms with Crippen molar-refractivity contribution in [1.82, 2.24) is 0 Å². The van der Waals surface area contributed by atoms with E-state index in [0.717, 1.165) is 44.9 Å². The molecule has 2 amide bonds. The second kappa shape index (κ2) is 9.93. The number of fused-ring (bicyclic) bond motifs is 5. The number of imide groups is 1. The fourth-order valence-electron chi connectivity index (χ4n) is 6.80. The van der Waals surface area contributed by atoms with Gasteiger partial charge in [0.05, 0.1) is 31.7 Å². The van der Waals surface area contributed by atoms with Gasteiger partial charge in [-0.05, 0) is 69.8 Å². The van der Waals surface area contributed by atoms with Gasteiger partial charge in [-0.15, -0.1) is 0 Å². The molecule has 1 saturated carbocycles. The van der Waals surface area contributed by atoms with E-state index in [9.17, 15) is 9.59 Å².